The first-order valence-electron chi connectivity index (χ1n) is 8.66. The van der Waals surface area contributed by atoms with Gasteiger partial charge in [-0.2, -0.15) is 0 Å². The van der Waals surface area contributed by atoms with Crippen molar-refractivity contribution in [3.63, 3.8) is 0 Å². The van der Waals surface area contributed by atoms with Gasteiger partial charge in [-0.25, -0.2) is 0 Å². The number of nitrogens with one attached hydrogen (secondary N) is 1. The number of anilines is 1. The number of hydrogen-bond acceptors (Lipinski definition) is 2. The molecule has 0 aromatic heterocycles. The van der Waals surface area contributed by atoms with Gasteiger partial charge in [0.15, 0.2) is 0 Å². The highest BCUT2D eigenvalue weighted by atomic mass is 15.3. The first kappa shape index (κ1) is 16.4. The lowest BCUT2D eigenvalue weighted by atomic mass is 9.85. The monoisotopic (exact) mass is 288 g/mol. The molecule has 1 aliphatic heterocycles. The molecule has 2 heteroatoms. The van der Waals surface area contributed by atoms with E-state index in [1.165, 1.54) is 24.1 Å². The van der Waals surface area contributed by atoms with Crippen LogP contribution < -0.4 is 10.2 Å². The Hall–Kier alpha value is -1.02. The van der Waals surface area contributed by atoms with E-state index in [-0.39, 0.29) is 5.54 Å². The number of nitrogens with zero attached hydrogens (tertiary/aromatic N) is 1. The summed E-state index contributed by atoms with van der Waals surface area (Å²) in [6.07, 6.45) is 3.49. The van der Waals surface area contributed by atoms with Crippen LogP contribution in [0.5, 0.6) is 0 Å². The van der Waals surface area contributed by atoms with E-state index in [9.17, 15) is 0 Å². The molecule has 0 amide bonds. The first-order chi connectivity index (χ1) is 10.1. The normalized spacial score (nSPS) is 21.8. The summed E-state index contributed by atoms with van der Waals surface area (Å²) in [5.41, 5.74) is 3.20. The summed E-state index contributed by atoms with van der Waals surface area (Å²) in [5, 5.41) is 3.86. The molecule has 1 N–H and O–H groups in total. The Labute approximate surface area is 130 Å². The number of para-hydroxylation sites is 1. The van der Waals surface area contributed by atoms with E-state index in [0.717, 1.165) is 19.5 Å². The van der Waals surface area contributed by atoms with Crippen molar-refractivity contribution in [2.75, 3.05) is 18.0 Å². The summed E-state index contributed by atoms with van der Waals surface area (Å²) >= 11 is 0. The van der Waals surface area contributed by atoms with Gasteiger partial charge in [-0.1, -0.05) is 52.8 Å². The number of piperazine rings is 1. The van der Waals surface area contributed by atoms with Gasteiger partial charge < -0.3 is 10.2 Å². The van der Waals surface area contributed by atoms with Crippen LogP contribution in [0.1, 0.15) is 53.0 Å². The van der Waals surface area contributed by atoms with Gasteiger partial charge >= 0.3 is 0 Å². The van der Waals surface area contributed by atoms with Gasteiger partial charge in [0.1, 0.15) is 0 Å². The van der Waals surface area contributed by atoms with E-state index >= 15 is 0 Å². The third-order valence-corrected chi connectivity index (χ3v) is 5.36. The third-order valence-electron chi connectivity index (χ3n) is 5.36. The van der Waals surface area contributed by atoms with E-state index in [0.29, 0.717) is 12.0 Å². The molecule has 2 rings (SSSR count). The number of aryl methyl sites for hydroxylation is 1. The van der Waals surface area contributed by atoms with Crippen molar-refractivity contribution in [1.82, 2.24) is 5.32 Å². The predicted octanol–water partition coefficient (Wildman–Crippen LogP) is 4.24. The van der Waals surface area contributed by atoms with E-state index in [1.54, 1.807) is 0 Å². The van der Waals surface area contributed by atoms with Crippen LogP contribution in [0.25, 0.3) is 0 Å². The molecule has 1 atom stereocenters. The van der Waals surface area contributed by atoms with Crippen molar-refractivity contribution >= 4 is 5.69 Å². The lowest BCUT2D eigenvalue weighted by Gasteiger charge is -2.50. The van der Waals surface area contributed by atoms with Crippen LogP contribution in [0.15, 0.2) is 24.3 Å². The standard InChI is InChI=1S/C19H32N2/c1-6-16-11-9-10-12-17(16)21-14-19(7-2,8-3)20-13-18(21)15(4)5/h9-12,15,18,20H,6-8,13-14H2,1-5H3. The number of benzene rings is 1. The Morgan fingerprint density at radius 3 is 2.43 bits per heavy atom. The molecule has 1 unspecified atom stereocenters. The molecule has 1 saturated heterocycles. The van der Waals surface area contributed by atoms with Crippen LogP contribution in [0, 0.1) is 5.92 Å². The van der Waals surface area contributed by atoms with Crippen LogP contribution in [-0.4, -0.2) is 24.7 Å². The molecule has 1 fully saturated rings. The van der Waals surface area contributed by atoms with Gasteiger partial charge in [0.05, 0.1) is 0 Å². The minimum Gasteiger partial charge on any atom is -0.365 e. The molecule has 1 heterocycles. The highest BCUT2D eigenvalue weighted by Crippen LogP contribution is 2.32. The molecule has 1 aliphatic rings. The molecule has 0 radical (unpaired) electrons. The molecule has 0 saturated carbocycles. The summed E-state index contributed by atoms with van der Waals surface area (Å²) < 4.78 is 0. The smallest absolute Gasteiger partial charge is 0.0438 e. The van der Waals surface area contributed by atoms with Crippen molar-refractivity contribution < 1.29 is 0 Å². The second-order valence-corrected chi connectivity index (χ2v) is 6.79. The van der Waals surface area contributed by atoms with E-state index < -0.39 is 0 Å². The van der Waals surface area contributed by atoms with Crippen molar-refractivity contribution in [2.24, 2.45) is 5.92 Å². The zero-order valence-electron chi connectivity index (χ0n) is 14.4. The van der Waals surface area contributed by atoms with E-state index in [4.69, 9.17) is 0 Å². The van der Waals surface area contributed by atoms with Gasteiger partial charge in [-0.15, -0.1) is 0 Å². The fourth-order valence-electron chi connectivity index (χ4n) is 3.60. The molecule has 2 nitrogen and oxygen atoms in total. The van der Waals surface area contributed by atoms with Crippen molar-refractivity contribution in [3.8, 4) is 0 Å². The maximum Gasteiger partial charge on any atom is 0.0438 e. The van der Waals surface area contributed by atoms with Gasteiger partial charge in [-0.05, 0) is 36.8 Å². The Kier molecular flexibility index (Phi) is 5.32. The average molecular weight is 288 g/mol. The summed E-state index contributed by atoms with van der Waals surface area (Å²) in [7, 11) is 0. The third kappa shape index (κ3) is 3.26. The van der Waals surface area contributed by atoms with E-state index in [2.05, 4.69) is 69.1 Å². The molecular weight excluding hydrogens is 256 g/mol. The molecular formula is C19H32N2. The summed E-state index contributed by atoms with van der Waals surface area (Å²) in [6, 6.07) is 9.54. The predicted molar refractivity (Wildman–Crippen MR) is 93.1 cm³/mol. The van der Waals surface area contributed by atoms with Gasteiger partial charge in [-0.3, -0.25) is 0 Å². The van der Waals surface area contributed by atoms with Crippen molar-refractivity contribution in [3.05, 3.63) is 29.8 Å². The van der Waals surface area contributed by atoms with Crippen molar-refractivity contribution in [2.45, 2.75) is 65.5 Å². The topological polar surface area (TPSA) is 15.3 Å². The second-order valence-electron chi connectivity index (χ2n) is 6.79. The molecule has 118 valence electrons. The molecule has 0 bridgehead atoms. The average Bonchev–Trinajstić information content (AvgIpc) is 2.54. The minimum absolute atomic E-state index is 0.270. The summed E-state index contributed by atoms with van der Waals surface area (Å²) in [6.45, 7) is 13.8. The molecule has 1 aromatic rings. The maximum atomic E-state index is 3.86. The highest BCUT2D eigenvalue weighted by molar-refractivity contribution is 5.55. The zero-order valence-corrected chi connectivity index (χ0v) is 14.4. The minimum atomic E-state index is 0.270. The second kappa shape index (κ2) is 6.83. The Morgan fingerprint density at radius 2 is 1.86 bits per heavy atom. The largest absolute Gasteiger partial charge is 0.365 e. The highest BCUT2D eigenvalue weighted by Gasteiger charge is 2.38. The molecule has 21 heavy (non-hydrogen) atoms. The number of rotatable bonds is 5. The van der Waals surface area contributed by atoms with Gasteiger partial charge in [0.2, 0.25) is 0 Å². The van der Waals surface area contributed by atoms with Crippen LogP contribution >= 0.6 is 0 Å². The lowest BCUT2D eigenvalue weighted by molar-refractivity contribution is 0.227. The lowest BCUT2D eigenvalue weighted by Crippen LogP contribution is -2.65. The van der Waals surface area contributed by atoms with Crippen LogP contribution in [0.3, 0.4) is 0 Å². The van der Waals surface area contributed by atoms with Crippen molar-refractivity contribution in [1.29, 1.82) is 0 Å². The van der Waals surface area contributed by atoms with E-state index in [1.807, 2.05) is 0 Å². The molecule has 0 aliphatic carbocycles. The Balaban J connectivity index is 2.38. The summed E-state index contributed by atoms with van der Waals surface area (Å²) in [5.74, 6) is 0.661. The summed E-state index contributed by atoms with van der Waals surface area (Å²) in [4.78, 5) is 2.69. The SMILES string of the molecule is CCc1ccccc1N1CC(CC)(CC)NCC1C(C)C. The zero-order chi connectivity index (χ0) is 15.5. The van der Waals surface area contributed by atoms with Crippen LogP contribution in [0.2, 0.25) is 0 Å². The fourth-order valence-corrected chi connectivity index (χ4v) is 3.60. The maximum absolute atomic E-state index is 3.86. The van der Waals surface area contributed by atoms with Gasteiger partial charge in [0.25, 0.3) is 0 Å². The van der Waals surface area contributed by atoms with Gasteiger partial charge in [0, 0.05) is 30.4 Å². The molecule has 0 spiro atoms. The fraction of sp³-hybridized carbons (Fsp3) is 0.684. The Bertz CT molecular complexity index is 449. The quantitative estimate of drug-likeness (QED) is 0.871. The van der Waals surface area contributed by atoms with Crippen LogP contribution in [-0.2, 0) is 6.42 Å². The Morgan fingerprint density at radius 1 is 1.19 bits per heavy atom. The first-order valence-corrected chi connectivity index (χ1v) is 8.66. The number of hydrogen-bond donors (Lipinski definition) is 1. The van der Waals surface area contributed by atoms with Crippen LogP contribution in [0.4, 0.5) is 5.69 Å². The molecule has 1 aromatic carbocycles.